The molecule has 0 aliphatic rings. The van der Waals surface area contributed by atoms with E-state index in [0.717, 1.165) is 23.3 Å². The summed E-state index contributed by atoms with van der Waals surface area (Å²) in [6.07, 6.45) is 1.55. The van der Waals surface area contributed by atoms with Crippen LogP contribution in [0.2, 0.25) is 0 Å². The van der Waals surface area contributed by atoms with E-state index in [1.165, 1.54) is 5.39 Å². The van der Waals surface area contributed by atoms with Gasteiger partial charge in [-0.05, 0) is 30.5 Å². The molecule has 0 atom stereocenters. The maximum absolute atomic E-state index is 6.46. The summed E-state index contributed by atoms with van der Waals surface area (Å²) in [6, 6.07) is 24.4. The van der Waals surface area contributed by atoms with E-state index in [9.17, 15) is 0 Å². The van der Waals surface area contributed by atoms with Crippen LogP contribution >= 0.6 is 0 Å². The van der Waals surface area contributed by atoms with E-state index in [4.69, 9.17) is 5.73 Å². The number of hydrogen-bond donors (Lipinski definition) is 2. The Balaban J connectivity index is 1.78. The van der Waals surface area contributed by atoms with Crippen LogP contribution in [-0.2, 0) is 0 Å². The molecule has 0 amide bonds. The lowest BCUT2D eigenvalue weighted by molar-refractivity contribution is 0.985. The van der Waals surface area contributed by atoms with Crippen molar-refractivity contribution in [1.29, 1.82) is 0 Å². The van der Waals surface area contributed by atoms with Crippen LogP contribution in [0, 0.1) is 0 Å². The molecule has 27 heavy (non-hydrogen) atoms. The van der Waals surface area contributed by atoms with Gasteiger partial charge in [0.05, 0.1) is 5.69 Å². The molecule has 0 bridgehead atoms. The Morgan fingerprint density at radius 1 is 0.889 bits per heavy atom. The van der Waals surface area contributed by atoms with E-state index in [2.05, 4.69) is 57.4 Å². The molecule has 5 heteroatoms. The molecular weight excluding hydrogens is 334 g/mol. The average Bonchev–Trinajstić information content (AvgIpc) is 2.72. The highest BCUT2D eigenvalue weighted by Crippen LogP contribution is 2.36. The maximum atomic E-state index is 6.46. The number of nitrogens with two attached hydrogens (primary N) is 1. The SMILES string of the molecule is CCN(c1ncnc(Nc2ccccc2)c1N)c1cccc2ccccc12. The molecule has 4 rings (SSSR count). The van der Waals surface area contributed by atoms with Gasteiger partial charge in [0.15, 0.2) is 11.6 Å². The predicted molar refractivity (Wildman–Crippen MR) is 113 cm³/mol. The Labute approximate surface area is 158 Å². The van der Waals surface area contributed by atoms with E-state index in [0.29, 0.717) is 17.3 Å². The first-order valence-corrected chi connectivity index (χ1v) is 8.95. The van der Waals surface area contributed by atoms with Crippen molar-refractivity contribution in [3.8, 4) is 0 Å². The Morgan fingerprint density at radius 3 is 2.44 bits per heavy atom. The van der Waals surface area contributed by atoms with Gasteiger partial charge >= 0.3 is 0 Å². The Bertz CT molecular complexity index is 1060. The second kappa shape index (κ2) is 7.33. The van der Waals surface area contributed by atoms with E-state index in [1.807, 2.05) is 42.5 Å². The second-order valence-corrected chi connectivity index (χ2v) is 6.19. The van der Waals surface area contributed by atoms with Gasteiger partial charge in [-0.25, -0.2) is 9.97 Å². The Kier molecular flexibility index (Phi) is 4.58. The van der Waals surface area contributed by atoms with Gasteiger partial charge in [-0.3, -0.25) is 0 Å². The summed E-state index contributed by atoms with van der Waals surface area (Å²) < 4.78 is 0. The molecular formula is C22H21N5. The number of nitrogens with one attached hydrogen (secondary N) is 1. The van der Waals surface area contributed by atoms with Crippen LogP contribution in [0.5, 0.6) is 0 Å². The minimum absolute atomic E-state index is 0.524. The third-order valence-corrected chi connectivity index (χ3v) is 4.53. The van der Waals surface area contributed by atoms with Crippen molar-refractivity contribution >= 4 is 39.5 Å². The van der Waals surface area contributed by atoms with Crippen LogP contribution in [-0.4, -0.2) is 16.5 Å². The Morgan fingerprint density at radius 2 is 1.63 bits per heavy atom. The molecule has 3 aromatic carbocycles. The number of nitrogen functional groups attached to an aromatic ring is 1. The quantitative estimate of drug-likeness (QED) is 0.520. The van der Waals surface area contributed by atoms with Crippen molar-refractivity contribution in [1.82, 2.24) is 9.97 Å². The standard InChI is InChI=1S/C22H21N5/c1-2-27(19-14-8-10-16-9-6-7-13-18(16)19)22-20(23)21(24-15-25-22)26-17-11-4-3-5-12-17/h3-15H,2,23H2,1H3,(H,24,25,26). The third kappa shape index (κ3) is 3.27. The van der Waals surface area contributed by atoms with Crippen molar-refractivity contribution in [3.05, 3.63) is 79.1 Å². The molecule has 1 aromatic heterocycles. The van der Waals surface area contributed by atoms with Gasteiger partial charge in [0.25, 0.3) is 0 Å². The third-order valence-electron chi connectivity index (χ3n) is 4.53. The van der Waals surface area contributed by atoms with Crippen molar-refractivity contribution in [2.45, 2.75) is 6.92 Å². The van der Waals surface area contributed by atoms with Crippen molar-refractivity contribution in [2.75, 3.05) is 22.5 Å². The highest BCUT2D eigenvalue weighted by Gasteiger charge is 2.17. The zero-order valence-corrected chi connectivity index (χ0v) is 15.1. The molecule has 0 radical (unpaired) electrons. The number of hydrogen-bond acceptors (Lipinski definition) is 5. The van der Waals surface area contributed by atoms with Gasteiger partial charge in [0.2, 0.25) is 0 Å². The molecule has 0 fully saturated rings. The van der Waals surface area contributed by atoms with Gasteiger partial charge in [-0.15, -0.1) is 0 Å². The fraction of sp³-hybridized carbons (Fsp3) is 0.0909. The van der Waals surface area contributed by atoms with E-state index >= 15 is 0 Å². The van der Waals surface area contributed by atoms with Gasteiger partial charge in [-0.1, -0.05) is 54.6 Å². The molecule has 3 N–H and O–H groups in total. The molecule has 0 aliphatic heterocycles. The molecule has 5 nitrogen and oxygen atoms in total. The number of nitrogens with zero attached hydrogens (tertiary/aromatic N) is 3. The summed E-state index contributed by atoms with van der Waals surface area (Å²) in [5.74, 6) is 1.30. The highest BCUT2D eigenvalue weighted by molar-refractivity contribution is 5.97. The van der Waals surface area contributed by atoms with Gasteiger partial charge in [0, 0.05) is 17.6 Å². The lowest BCUT2D eigenvalue weighted by atomic mass is 10.1. The average molecular weight is 355 g/mol. The first-order valence-electron chi connectivity index (χ1n) is 8.95. The first kappa shape index (κ1) is 16.8. The van der Waals surface area contributed by atoms with Gasteiger partial charge in [-0.2, -0.15) is 0 Å². The molecule has 4 aromatic rings. The van der Waals surface area contributed by atoms with Crippen LogP contribution < -0.4 is 16.0 Å². The van der Waals surface area contributed by atoms with Crippen LogP contribution in [0.3, 0.4) is 0 Å². The number of para-hydroxylation sites is 1. The largest absolute Gasteiger partial charge is 0.393 e. The Hall–Kier alpha value is -3.60. The lowest BCUT2D eigenvalue weighted by Crippen LogP contribution is -2.20. The zero-order valence-electron chi connectivity index (χ0n) is 15.1. The summed E-state index contributed by atoms with van der Waals surface area (Å²) in [4.78, 5) is 10.9. The number of aromatic nitrogens is 2. The normalized spacial score (nSPS) is 10.7. The van der Waals surface area contributed by atoms with E-state index < -0.39 is 0 Å². The fourth-order valence-corrected chi connectivity index (χ4v) is 3.24. The summed E-state index contributed by atoms with van der Waals surface area (Å²) in [5, 5.41) is 5.63. The number of benzene rings is 3. The van der Waals surface area contributed by atoms with Crippen LogP contribution in [0.1, 0.15) is 6.92 Å². The molecule has 1 heterocycles. The number of rotatable bonds is 5. The number of anilines is 5. The summed E-state index contributed by atoms with van der Waals surface area (Å²) in [5.41, 5.74) is 8.99. The molecule has 0 spiro atoms. The highest BCUT2D eigenvalue weighted by atomic mass is 15.2. The van der Waals surface area contributed by atoms with Crippen molar-refractivity contribution in [3.63, 3.8) is 0 Å². The minimum Gasteiger partial charge on any atom is -0.393 e. The summed E-state index contributed by atoms with van der Waals surface area (Å²) >= 11 is 0. The zero-order chi connectivity index (χ0) is 18.6. The molecule has 0 saturated heterocycles. The summed E-state index contributed by atoms with van der Waals surface area (Å²) in [7, 11) is 0. The molecule has 0 unspecified atom stereocenters. The van der Waals surface area contributed by atoms with Gasteiger partial charge < -0.3 is 16.0 Å². The van der Waals surface area contributed by atoms with Gasteiger partial charge in [0.1, 0.15) is 12.0 Å². The van der Waals surface area contributed by atoms with Crippen molar-refractivity contribution < 1.29 is 0 Å². The first-order chi connectivity index (χ1) is 13.3. The predicted octanol–water partition coefficient (Wildman–Crippen LogP) is 5.11. The van der Waals surface area contributed by atoms with E-state index in [-0.39, 0.29) is 0 Å². The molecule has 134 valence electrons. The van der Waals surface area contributed by atoms with Crippen LogP contribution in [0.4, 0.5) is 28.7 Å². The smallest absolute Gasteiger partial charge is 0.161 e. The lowest BCUT2D eigenvalue weighted by Gasteiger charge is -2.25. The van der Waals surface area contributed by atoms with Crippen LogP contribution in [0.15, 0.2) is 79.1 Å². The minimum atomic E-state index is 0.524. The number of fused-ring (bicyclic) bond motifs is 1. The fourth-order valence-electron chi connectivity index (χ4n) is 3.24. The topological polar surface area (TPSA) is 67.1 Å². The van der Waals surface area contributed by atoms with Crippen LogP contribution in [0.25, 0.3) is 10.8 Å². The molecule has 0 saturated carbocycles. The second-order valence-electron chi connectivity index (χ2n) is 6.19. The summed E-state index contributed by atoms with van der Waals surface area (Å²) in [6.45, 7) is 2.83. The van der Waals surface area contributed by atoms with Crippen molar-refractivity contribution in [2.24, 2.45) is 0 Å². The van der Waals surface area contributed by atoms with E-state index in [1.54, 1.807) is 6.33 Å². The maximum Gasteiger partial charge on any atom is 0.161 e. The monoisotopic (exact) mass is 355 g/mol. The molecule has 0 aliphatic carbocycles.